The Morgan fingerprint density at radius 3 is 2.14 bits per heavy atom. The van der Waals surface area contributed by atoms with Crippen LogP contribution in [0.25, 0.3) is 0 Å². The Morgan fingerprint density at radius 1 is 0.966 bits per heavy atom. The van der Waals surface area contributed by atoms with Gasteiger partial charge in [0, 0.05) is 18.1 Å². The molecule has 2 heterocycles. The average Bonchev–Trinajstić information content (AvgIpc) is 3.42. The van der Waals surface area contributed by atoms with Crippen molar-refractivity contribution in [1.82, 2.24) is 9.80 Å². The van der Waals surface area contributed by atoms with Crippen LogP contribution in [-0.4, -0.2) is 40.6 Å². The van der Waals surface area contributed by atoms with E-state index in [4.69, 9.17) is 11.6 Å². The molecule has 0 spiro atoms. The monoisotopic (exact) mass is 412 g/mol. The van der Waals surface area contributed by atoms with Gasteiger partial charge in [0.05, 0.1) is 24.3 Å². The summed E-state index contributed by atoms with van der Waals surface area (Å²) in [6.07, 6.45) is 8.40. The van der Waals surface area contributed by atoms with E-state index < -0.39 is 6.04 Å². The Hall–Kier alpha value is -2.14. The second-order valence-corrected chi connectivity index (χ2v) is 9.20. The zero-order valence-electron chi connectivity index (χ0n) is 16.3. The summed E-state index contributed by atoms with van der Waals surface area (Å²) in [5, 5.41) is 0.591. The molecule has 152 valence electrons. The molecule has 2 saturated heterocycles. The molecule has 5 rings (SSSR count). The van der Waals surface area contributed by atoms with Crippen LogP contribution in [0.4, 0.5) is 0 Å². The third-order valence-corrected chi connectivity index (χ3v) is 7.40. The minimum absolute atomic E-state index is 0.0170. The molecular weight excluding hydrogens is 388 g/mol. The predicted molar refractivity (Wildman–Crippen MR) is 109 cm³/mol. The number of halogens is 1. The van der Waals surface area contributed by atoms with E-state index in [1.807, 2.05) is 17.0 Å². The largest absolute Gasteiger partial charge is 0.343 e. The van der Waals surface area contributed by atoms with Gasteiger partial charge in [-0.05, 0) is 55.2 Å². The van der Waals surface area contributed by atoms with E-state index >= 15 is 0 Å². The smallest absolute Gasteiger partial charge is 0.234 e. The number of rotatable bonds is 4. The minimum atomic E-state index is -0.563. The van der Waals surface area contributed by atoms with E-state index in [0.717, 1.165) is 44.3 Å². The van der Waals surface area contributed by atoms with E-state index in [0.29, 0.717) is 5.02 Å². The molecule has 5 nitrogen and oxygen atoms in total. The van der Waals surface area contributed by atoms with Crippen molar-refractivity contribution in [2.45, 2.75) is 38.1 Å². The van der Waals surface area contributed by atoms with Crippen LogP contribution in [0.3, 0.4) is 0 Å². The zero-order chi connectivity index (χ0) is 20.1. The van der Waals surface area contributed by atoms with Crippen LogP contribution in [0.15, 0.2) is 36.4 Å². The molecule has 1 aromatic carbocycles. The van der Waals surface area contributed by atoms with E-state index in [2.05, 4.69) is 12.2 Å². The molecule has 5 atom stereocenters. The molecule has 0 N–H and O–H groups in total. The van der Waals surface area contributed by atoms with Crippen LogP contribution in [0.1, 0.15) is 43.7 Å². The molecule has 5 unspecified atom stereocenters. The Morgan fingerprint density at radius 2 is 1.55 bits per heavy atom. The number of benzene rings is 1. The van der Waals surface area contributed by atoms with Crippen LogP contribution in [0, 0.1) is 23.7 Å². The van der Waals surface area contributed by atoms with Gasteiger partial charge in [-0.1, -0.05) is 35.9 Å². The lowest BCUT2D eigenvalue weighted by molar-refractivity contribution is -0.145. The van der Waals surface area contributed by atoms with Crippen molar-refractivity contribution < 1.29 is 14.4 Å². The summed E-state index contributed by atoms with van der Waals surface area (Å²) >= 11 is 6.05. The fraction of sp³-hybridized carbons (Fsp3) is 0.522. The minimum Gasteiger partial charge on any atom is -0.343 e. The van der Waals surface area contributed by atoms with Crippen LogP contribution in [-0.2, 0) is 14.4 Å². The molecule has 3 fully saturated rings. The molecule has 1 saturated carbocycles. The highest BCUT2D eigenvalue weighted by Crippen LogP contribution is 2.54. The van der Waals surface area contributed by atoms with E-state index in [1.54, 1.807) is 12.1 Å². The lowest BCUT2D eigenvalue weighted by Crippen LogP contribution is -2.41. The topological polar surface area (TPSA) is 57.7 Å². The van der Waals surface area contributed by atoms with Crippen molar-refractivity contribution in [1.29, 1.82) is 0 Å². The number of amides is 3. The number of likely N-dealkylation sites (tertiary alicyclic amines) is 2. The molecule has 4 aliphatic rings. The summed E-state index contributed by atoms with van der Waals surface area (Å²) in [5.41, 5.74) is 0.793. The molecule has 3 amide bonds. The zero-order valence-corrected chi connectivity index (χ0v) is 17.1. The summed E-state index contributed by atoms with van der Waals surface area (Å²) < 4.78 is 0. The van der Waals surface area contributed by atoms with Crippen molar-refractivity contribution in [3.05, 3.63) is 47.0 Å². The molecule has 2 aliphatic carbocycles. The second-order valence-electron chi connectivity index (χ2n) is 8.76. The SMILES string of the molecule is O=C(CC(c1ccc(Cl)cc1)N1C(=O)C2C3C=CC(C3)C2C1=O)N1CCCCC1. The summed E-state index contributed by atoms with van der Waals surface area (Å²) in [5.74, 6) is -0.380. The number of piperidine rings is 1. The van der Waals surface area contributed by atoms with Crippen molar-refractivity contribution >= 4 is 29.3 Å². The van der Waals surface area contributed by atoms with Crippen molar-refractivity contribution in [3.63, 3.8) is 0 Å². The molecular formula is C23H25ClN2O3. The Labute approximate surface area is 175 Å². The molecule has 0 radical (unpaired) electrons. The van der Waals surface area contributed by atoms with Crippen molar-refractivity contribution in [3.8, 4) is 0 Å². The van der Waals surface area contributed by atoms with Crippen molar-refractivity contribution in [2.24, 2.45) is 23.7 Å². The Kier molecular flexibility index (Phi) is 4.73. The van der Waals surface area contributed by atoms with Gasteiger partial charge in [-0.15, -0.1) is 0 Å². The Balaban J connectivity index is 1.45. The van der Waals surface area contributed by atoms with Gasteiger partial charge in [0.25, 0.3) is 0 Å². The van der Waals surface area contributed by atoms with E-state index in [9.17, 15) is 14.4 Å². The maximum Gasteiger partial charge on any atom is 0.234 e. The number of imide groups is 1. The van der Waals surface area contributed by atoms with Gasteiger partial charge < -0.3 is 4.90 Å². The van der Waals surface area contributed by atoms with Gasteiger partial charge in [0.1, 0.15) is 0 Å². The predicted octanol–water partition coefficient (Wildman–Crippen LogP) is 3.59. The number of carbonyl (C=O) groups excluding carboxylic acids is 3. The van der Waals surface area contributed by atoms with Gasteiger partial charge in [0.15, 0.2) is 0 Å². The lowest BCUT2D eigenvalue weighted by Gasteiger charge is -2.32. The number of hydrogen-bond donors (Lipinski definition) is 0. The van der Waals surface area contributed by atoms with Gasteiger partial charge in [0.2, 0.25) is 17.7 Å². The highest BCUT2D eigenvalue weighted by Gasteiger charge is 2.60. The first-order chi connectivity index (χ1) is 14.0. The lowest BCUT2D eigenvalue weighted by atomic mass is 9.85. The molecule has 0 aromatic heterocycles. The quantitative estimate of drug-likeness (QED) is 0.561. The molecule has 29 heavy (non-hydrogen) atoms. The van der Waals surface area contributed by atoms with Crippen molar-refractivity contribution in [2.75, 3.05) is 13.1 Å². The maximum atomic E-state index is 13.3. The standard InChI is InChI=1S/C23H25ClN2O3/c24-17-8-6-14(7-9-17)18(13-19(27)25-10-2-1-3-11-25)26-22(28)20-15-4-5-16(12-15)21(20)23(26)29/h4-9,15-16,18,20-21H,1-3,10-13H2. The number of hydrogen-bond acceptors (Lipinski definition) is 3. The summed E-state index contributed by atoms with van der Waals surface area (Å²) in [6, 6.07) is 6.61. The molecule has 2 bridgehead atoms. The molecule has 2 aliphatic heterocycles. The summed E-state index contributed by atoms with van der Waals surface area (Å²) in [6.45, 7) is 1.51. The van der Waals surface area contributed by atoms with Crippen LogP contribution < -0.4 is 0 Å². The summed E-state index contributed by atoms with van der Waals surface area (Å²) in [4.78, 5) is 43.0. The Bertz CT molecular complexity index is 845. The molecule has 6 heteroatoms. The first kappa shape index (κ1) is 18.9. The number of carbonyl (C=O) groups is 3. The van der Waals surface area contributed by atoms with Crippen LogP contribution >= 0.6 is 11.6 Å². The fourth-order valence-electron chi connectivity index (χ4n) is 5.71. The first-order valence-electron chi connectivity index (χ1n) is 10.6. The number of allylic oxidation sites excluding steroid dienone is 2. The van der Waals surface area contributed by atoms with Crippen LogP contribution in [0.2, 0.25) is 5.02 Å². The third-order valence-electron chi connectivity index (χ3n) is 7.15. The molecule has 1 aromatic rings. The van der Waals surface area contributed by atoms with E-state index in [-0.39, 0.29) is 47.8 Å². The normalized spacial score (nSPS) is 31.5. The summed E-state index contributed by atoms with van der Waals surface area (Å²) in [7, 11) is 0. The number of fused-ring (bicyclic) bond motifs is 5. The van der Waals surface area contributed by atoms with Gasteiger partial charge in [-0.3, -0.25) is 19.3 Å². The first-order valence-corrected chi connectivity index (χ1v) is 11.0. The van der Waals surface area contributed by atoms with Crippen LogP contribution in [0.5, 0.6) is 0 Å². The average molecular weight is 413 g/mol. The van der Waals surface area contributed by atoms with Gasteiger partial charge in [-0.25, -0.2) is 0 Å². The van der Waals surface area contributed by atoms with Gasteiger partial charge >= 0.3 is 0 Å². The highest BCUT2D eigenvalue weighted by molar-refractivity contribution is 6.30. The third kappa shape index (κ3) is 3.10. The highest BCUT2D eigenvalue weighted by atomic mass is 35.5. The fourth-order valence-corrected chi connectivity index (χ4v) is 5.84. The van der Waals surface area contributed by atoms with E-state index in [1.165, 1.54) is 4.90 Å². The second kappa shape index (κ2) is 7.28. The number of nitrogens with zero attached hydrogens (tertiary/aromatic N) is 2. The maximum absolute atomic E-state index is 13.3. The van der Waals surface area contributed by atoms with Gasteiger partial charge in [-0.2, -0.15) is 0 Å².